The number of carbonyl (C=O) groups is 2. The first-order chi connectivity index (χ1) is 21.4. The fourth-order valence-electron chi connectivity index (χ4n) is 3.82. The van der Waals surface area contributed by atoms with Gasteiger partial charge in [0.25, 0.3) is 0 Å². The molecule has 44 heavy (non-hydrogen) atoms. The number of hydrogen-bond donors (Lipinski definition) is 3. The molecule has 0 aromatic heterocycles. The molecule has 11 nitrogen and oxygen atoms in total. The Labute approximate surface area is 256 Å². The largest absolute Gasteiger partial charge is 0.490 e. The maximum Gasteiger partial charge on any atom is 0.338 e. The summed E-state index contributed by atoms with van der Waals surface area (Å²) in [5, 5.41) is 28.2. The van der Waals surface area contributed by atoms with Crippen LogP contribution in [0.4, 0.5) is 0 Å². The molecule has 236 valence electrons. The molecule has 0 bridgehead atoms. The van der Waals surface area contributed by atoms with Crippen LogP contribution in [-0.2, 0) is 25.4 Å². The van der Waals surface area contributed by atoms with Crippen LogP contribution in [0.25, 0.3) is 0 Å². The summed E-state index contributed by atoms with van der Waals surface area (Å²) in [6.45, 7) is 3.84. The first-order valence-electron chi connectivity index (χ1n) is 14.1. The van der Waals surface area contributed by atoms with Gasteiger partial charge in [-0.1, -0.05) is 18.7 Å². The molecular formula is C33H38O11. The molecule has 3 rings (SSSR count). The van der Waals surface area contributed by atoms with E-state index in [9.17, 15) is 14.7 Å². The second-order valence-electron chi connectivity index (χ2n) is 9.45. The van der Waals surface area contributed by atoms with Crippen molar-refractivity contribution in [3.05, 3.63) is 102 Å². The lowest BCUT2D eigenvalue weighted by Gasteiger charge is -2.18. The number of benzene rings is 3. The third-order valence-corrected chi connectivity index (χ3v) is 6.17. The van der Waals surface area contributed by atoms with Gasteiger partial charge in [-0.25, -0.2) is 9.59 Å². The van der Waals surface area contributed by atoms with Gasteiger partial charge in [0.2, 0.25) is 6.29 Å². The zero-order valence-corrected chi connectivity index (χ0v) is 24.3. The number of hydrogen-bond acceptors (Lipinski definition) is 11. The molecule has 0 saturated heterocycles. The highest BCUT2D eigenvalue weighted by Crippen LogP contribution is 2.23. The molecule has 3 aromatic rings. The Morgan fingerprint density at radius 3 is 2.11 bits per heavy atom. The van der Waals surface area contributed by atoms with Gasteiger partial charge < -0.3 is 43.7 Å². The number of aliphatic hydroxyl groups is 3. The fraction of sp³-hybridized carbons (Fsp3) is 0.333. The van der Waals surface area contributed by atoms with E-state index in [1.165, 1.54) is 0 Å². The molecule has 0 amide bonds. The number of aliphatic hydroxyl groups excluding tert-OH is 3. The van der Waals surface area contributed by atoms with Crippen molar-refractivity contribution in [1.29, 1.82) is 0 Å². The normalized spacial score (nSPS) is 12.1. The SMILES string of the molecule is C=CC(=O)OC(COCCCCO)COc1ccc(C(O)Oc2ccc(CCOC(=O)c3ccc(OCO)cc3)cc2)cc1. The maximum absolute atomic E-state index is 12.2. The van der Waals surface area contributed by atoms with Gasteiger partial charge in [0.05, 0.1) is 18.8 Å². The van der Waals surface area contributed by atoms with Crippen molar-refractivity contribution in [1.82, 2.24) is 0 Å². The second-order valence-corrected chi connectivity index (χ2v) is 9.45. The highest BCUT2D eigenvalue weighted by atomic mass is 16.6. The Morgan fingerprint density at radius 1 is 0.795 bits per heavy atom. The van der Waals surface area contributed by atoms with Gasteiger partial charge >= 0.3 is 11.9 Å². The minimum absolute atomic E-state index is 0.0531. The molecule has 0 aliphatic heterocycles. The predicted molar refractivity (Wildman–Crippen MR) is 159 cm³/mol. The van der Waals surface area contributed by atoms with Crippen LogP contribution >= 0.6 is 0 Å². The molecule has 0 aliphatic carbocycles. The number of rotatable bonds is 20. The molecule has 2 atom stereocenters. The molecule has 0 aliphatic rings. The molecule has 11 heteroatoms. The van der Waals surface area contributed by atoms with E-state index < -0.39 is 31.1 Å². The summed E-state index contributed by atoms with van der Waals surface area (Å²) < 4.78 is 32.5. The monoisotopic (exact) mass is 610 g/mol. The van der Waals surface area contributed by atoms with Gasteiger partial charge in [-0.05, 0) is 79.1 Å². The Morgan fingerprint density at radius 2 is 1.45 bits per heavy atom. The Kier molecular flexibility index (Phi) is 14.7. The lowest BCUT2D eigenvalue weighted by molar-refractivity contribution is -0.148. The van der Waals surface area contributed by atoms with Gasteiger partial charge in [-0.2, -0.15) is 0 Å². The van der Waals surface area contributed by atoms with E-state index in [0.29, 0.717) is 54.2 Å². The molecule has 0 fully saturated rings. The third kappa shape index (κ3) is 12.1. The van der Waals surface area contributed by atoms with E-state index in [0.717, 1.165) is 11.6 Å². The average molecular weight is 611 g/mol. The van der Waals surface area contributed by atoms with Crippen LogP contribution < -0.4 is 14.2 Å². The van der Waals surface area contributed by atoms with Gasteiger partial charge in [0.15, 0.2) is 12.9 Å². The summed E-state index contributed by atoms with van der Waals surface area (Å²) in [7, 11) is 0. The summed E-state index contributed by atoms with van der Waals surface area (Å²) in [5.41, 5.74) is 1.80. The van der Waals surface area contributed by atoms with E-state index in [1.54, 1.807) is 60.7 Å². The van der Waals surface area contributed by atoms with Crippen molar-refractivity contribution in [2.24, 2.45) is 0 Å². The van der Waals surface area contributed by atoms with Gasteiger partial charge in [-0.15, -0.1) is 0 Å². The molecule has 0 saturated carbocycles. The summed E-state index contributed by atoms with van der Waals surface area (Å²) in [4.78, 5) is 23.9. The smallest absolute Gasteiger partial charge is 0.338 e. The summed E-state index contributed by atoms with van der Waals surface area (Å²) >= 11 is 0. The Balaban J connectivity index is 1.42. The van der Waals surface area contributed by atoms with Crippen molar-refractivity contribution in [3.63, 3.8) is 0 Å². The second kappa shape index (κ2) is 19.0. The zero-order valence-electron chi connectivity index (χ0n) is 24.3. The van der Waals surface area contributed by atoms with Crippen molar-refractivity contribution in [2.75, 3.05) is 39.8 Å². The summed E-state index contributed by atoms with van der Waals surface area (Å²) in [6, 6.07) is 20.0. The summed E-state index contributed by atoms with van der Waals surface area (Å²) in [6.07, 6.45) is 1.00. The van der Waals surface area contributed by atoms with E-state index in [1.807, 2.05) is 12.1 Å². The van der Waals surface area contributed by atoms with Gasteiger partial charge in [0, 0.05) is 31.3 Å². The van der Waals surface area contributed by atoms with Crippen molar-refractivity contribution in [2.45, 2.75) is 31.7 Å². The first-order valence-corrected chi connectivity index (χ1v) is 14.1. The van der Waals surface area contributed by atoms with E-state index in [2.05, 4.69) is 6.58 Å². The Bertz CT molecular complexity index is 1270. The fourth-order valence-corrected chi connectivity index (χ4v) is 3.82. The van der Waals surface area contributed by atoms with Crippen molar-refractivity contribution >= 4 is 11.9 Å². The highest BCUT2D eigenvalue weighted by Gasteiger charge is 2.15. The van der Waals surface area contributed by atoms with Crippen LogP contribution in [0.15, 0.2) is 85.5 Å². The lowest BCUT2D eigenvalue weighted by atomic mass is 10.1. The quantitative estimate of drug-likeness (QED) is 0.0743. The first kappa shape index (κ1) is 34.1. The van der Waals surface area contributed by atoms with E-state index >= 15 is 0 Å². The average Bonchev–Trinajstić information content (AvgIpc) is 3.04. The van der Waals surface area contributed by atoms with Crippen LogP contribution in [0.1, 0.15) is 40.6 Å². The van der Waals surface area contributed by atoms with Crippen molar-refractivity contribution < 1.29 is 53.3 Å². The molecule has 0 radical (unpaired) electrons. The number of esters is 2. The number of unbranched alkanes of at least 4 members (excludes halogenated alkanes) is 1. The van der Waals surface area contributed by atoms with Crippen LogP contribution in [0.5, 0.6) is 17.2 Å². The Hall–Kier alpha value is -4.42. The molecule has 0 heterocycles. The topological polar surface area (TPSA) is 150 Å². The van der Waals surface area contributed by atoms with Gasteiger partial charge in [-0.3, -0.25) is 0 Å². The minimum Gasteiger partial charge on any atom is -0.490 e. The van der Waals surface area contributed by atoms with Crippen molar-refractivity contribution in [3.8, 4) is 17.2 Å². The standard InChI is InChI=1S/C33H38O11/c1-2-31(36)43-30(21-39-19-4-3-18-34)22-41-27-13-9-26(10-14-27)33(38)44-29-11-5-24(6-12-29)17-20-40-32(37)25-7-15-28(16-8-25)42-23-35/h2,5-16,30,33-35,38H,1,3-4,17-23H2. The molecular weight excluding hydrogens is 572 g/mol. The highest BCUT2D eigenvalue weighted by molar-refractivity contribution is 5.89. The number of ether oxygens (including phenoxy) is 6. The maximum atomic E-state index is 12.2. The van der Waals surface area contributed by atoms with Gasteiger partial charge in [0.1, 0.15) is 23.9 Å². The molecule has 2 unspecified atom stereocenters. The lowest BCUT2D eigenvalue weighted by Crippen LogP contribution is -2.29. The molecule has 3 aromatic carbocycles. The molecule has 3 N–H and O–H groups in total. The van der Waals surface area contributed by atoms with Crippen LogP contribution in [0.3, 0.4) is 0 Å². The molecule has 0 spiro atoms. The van der Waals surface area contributed by atoms with Crippen LogP contribution in [0.2, 0.25) is 0 Å². The summed E-state index contributed by atoms with van der Waals surface area (Å²) in [5.74, 6) is 0.354. The predicted octanol–water partition coefficient (Wildman–Crippen LogP) is 3.75. The number of carbonyl (C=O) groups excluding carboxylic acids is 2. The van der Waals surface area contributed by atoms with Crippen LogP contribution in [-0.4, -0.2) is 73.2 Å². The third-order valence-electron chi connectivity index (χ3n) is 6.17. The zero-order chi connectivity index (χ0) is 31.6. The van der Waals surface area contributed by atoms with Crippen LogP contribution in [0, 0.1) is 0 Å². The van der Waals surface area contributed by atoms with E-state index in [4.69, 9.17) is 38.6 Å². The minimum atomic E-state index is -1.22. The van der Waals surface area contributed by atoms with E-state index in [-0.39, 0.29) is 26.4 Å².